The van der Waals surface area contributed by atoms with Gasteiger partial charge >= 0.3 is 12.3 Å². The number of hydrogen-bond acceptors (Lipinski definition) is 6. The maximum atomic E-state index is 9.11. The maximum Gasteiger partial charge on any atom is 0.503 e. The average Bonchev–Trinajstić information content (AvgIpc) is 1.50. The molecule has 12 N–H and O–H groups in total. The normalized spacial score (nSPS) is 7.07. The van der Waals surface area contributed by atoms with Crippen LogP contribution in [0.15, 0.2) is 0 Å². The Morgan fingerprint density at radius 1 is 0.867 bits per heavy atom. The maximum absolute atomic E-state index is 9.11. The second-order valence-corrected chi connectivity index (χ2v) is 3.21. The van der Waals surface area contributed by atoms with Gasteiger partial charge in [-0.15, -0.1) is 0 Å². The molecule has 11 nitrogen and oxygen atoms in total. The van der Waals surface area contributed by atoms with E-state index in [4.69, 9.17) is 43.3 Å². The summed E-state index contributed by atoms with van der Waals surface area (Å²) < 4.78 is 24.0. The minimum absolute atomic E-state index is 0. The predicted molar refractivity (Wildman–Crippen MR) is 52.1 cm³/mol. The van der Waals surface area contributed by atoms with Crippen molar-refractivity contribution in [3.8, 4) is 0 Å². The highest BCUT2D eigenvalue weighted by molar-refractivity contribution is 8.26. The number of hydrogen-bond donors (Lipinski definition) is 8. The van der Waals surface area contributed by atoms with Crippen molar-refractivity contribution < 1.29 is 43.3 Å². The molecule has 0 amide bonds. The predicted octanol–water partition coefficient (Wildman–Crippen LogP) is 0.448. The molecule has 0 saturated heterocycles. The van der Waals surface area contributed by atoms with E-state index < -0.39 is 21.4 Å². The molecular formula is C2H12N2O9S2. The van der Waals surface area contributed by atoms with E-state index in [1.165, 1.54) is 0 Å². The summed E-state index contributed by atoms with van der Waals surface area (Å²) in [5.41, 5.74) is 0. The minimum atomic E-state index is -3.83. The first kappa shape index (κ1) is 29.2. The molecule has 0 atom stereocenters. The Bertz CT molecular complexity index is 219. The summed E-state index contributed by atoms with van der Waals surface area (Å²) in [6, 6.07) is 0. The van der Waals surface area contributed by atoms with Crippen molar-refractivity contribution in [3.05, 3.63) is 0 Å². The van der Waals surface area contributed by atoms with Crippen LogP contribution in [0.3, 0.4) is 0 Å². The Kier molecular flexibility index (Phi) is 29.6. The third-order valence-corrected chi connectivity index (χ3v) is 0. The Morgan fingerprint density at radius 2 is 0.867 bits per heavy atom. The quantitative estimate of drug-likeness (QED) is 0.299. The van der Waals surface area contributed by atoms with Gasteiger partial charge in [0.2, 0.25) is 0 Å². The van der Waals surface area contributed by atoms with Gasteiger partial charge in [0.05, 0.1) is 0 Å². The molecule has 0 spiro atoms. The lowest BCUT2D eigenvalue weighted by Crippen LogP contribution is -1.86. The first-order valence-electron chi connectivity index (χ1n) is 2.00. The van der Waals surface area contributed by atoms with Crippen LogP contribution in [-0.4, -0.2) is 46.1 Å². The third-order valence-electron chi connectivity index (χ3n) is 0. The van der Waals surface area contributed by atoms with E-state index in [1.807, 2.05) is 0 Å². The molecule has 0 aromatic carbocycles. The molecule has 0 heterocycles. The van der Waals surface area contributed by atoms with Crippen LogP contribution in [0.1, 0.15) is 0 Å². The molecule has 0 saturated carbocycles. The monoisotopic (exact) mass is 272 g/mol. The van der Waals surface area contributed by atoms with Crippen LogP contribution in [0.5, 0.6) is 0 Å². The second-order valence-electron chi connectivity index (χ2n) is 1.01. The summed E-state index contributed by atoms with van der Waals surface area (Å²) >= 11 is 3.47. The molecule has 0 aliphatic rings. The summed E-state index contributed by atoms with van der Waals surface area (Å²) in [6.45, 7) is 0. The Balaban J connectivity index is -0.0000000315. The van der Waals surface area contributed by atoms with Crippen molar-refractivity contribution in [1.82, 2.24) is 12.3 Å². The molecule has 0 fully saturated rings. The molecule has 0 unspecified atom stereocenters. The SMILES string of the molecule is N.N.O=C(O)O.O=C(O)O.O=S(O)(O)=S. The lowest BCUT2D eigenvalue weighted by atomic mass is 11.5. The van der Waals surface area contributed by atoms with Gasteiger partial charge in [-0.05, 0) is 0 Å². The highest BCUT2D eigenvalue weighted by atomic mass is 32.9. The Hall–Kier alpha value is -1.25. The molecule has 0 bridgehead atoms. The summed E-state index contributed by atoms with van der Waals surface area (Å²) in [4.78, 5) is 17.1. The van der Waals surface area contributed by atoms with Gasteiger partial charge in [0.15, 0.2) is 0 Å². The number of rotatable bonds is 0. The van der Waals surface area contributed by atoms with Crippen molar-refractivity contribution in [2.75, 3.05) is 0 Å². The molecule has 0 aromatic rings. The van der Waals surface area contributed by atoms with E-state index in [0.717, 1.165) is 0 Å². The molecule has 0 radical (unpaired) electrons. The van der Waals surface area contributed by atoms with Gasteiger partial charge in [0.1, 0.15) is 0 Å². The van der Waals surface area contributed by atoms with Crippen LogP contribution in [0.25, 0.3) is 0 Å². The van der Waals surface area contributed by atoms with Crippen molar-refractivity contribution >= 4 is 32.6 Å². The largest absolute Gasteiger partial charge is 0.503 e. The van der Waals surface area contributed by atoms with Crippen LogP contribution in [0.2, 0.25) is 0 Å². The number of carboxylic acid groups (broad SMARTS) is 4. The molecule has 96 valence electrons. The molecule has 0 aliphatic heterocycles. The molecule has 13 heteroatoms. The summed E-state index contributed by atoms with van der Waals surface area (Å²) in [7, 11) is -3.83. The molecular weight excluding hydrogens is 260 g/mol. The van der Waals surface area contributed by atoms with Gasteiger partial charge in [-0.2, -0.15) is 4.21 Å². The standard InChI is InChI=1S/2CH2O3.2H3N.H2O3S2/c2*2-1(3)4;;;1-5(2,3)4/h2*(H2,2,3,4);2*1H3;(H2,1,2,3,4). The van der Waals surface area contributed by atoms with Crippen LogP contribution in [0, 0.1) is 0 Å². The zero-order chi connectivity index (χ0) is 11.7. The van der Waals surface area contributed by atoms with Gasteiger partial charge in [0, 0.05) is 11.2 Å². The molecule has 0 aromatic heterocycles. The average molecular weight is 272 g/mol. The van der Waals surface area contributed by atoms with Gasteiger partial charge in [-0.1, -0.05) is 0 Å². The van der Waals surface area contributed by atoms with Crippen molar-refractivity contribution in [2.24, 2.45) is 0 Å². The van der Waals surface area contributed by atoms with Crippen LogP contribution in [-0.2, 0) is 20.2 Å². The van der Waals surface area contributed by atoms with E-state index in [-0.39, 0.29) is 12.3 Å². The Labute approximate surface area is 88.8 Å². The van der Waals surface area contributed by atoms with Crippen LogP contribution in [0.4, 0.5) is 9.59 Å². The topological polar surface area (TPSA) is 243 Å². The summed E-state index contributed by atoms with van der Waals surface area (Å²) in [6.07, 6.45) is -3.67. The fraction of sp³-hybridized carbons (Fsp3) is 0. The van der Waals surface area contributed by atoms with Crippen LogP contribution < -0.4 is 12.3 Å². The fourth-order valence-corrected chi connectivity index (χ4v) is 0. The Morgan fingerprint density at radius 3 is 0.867 bits per heavy atom. The molecule has 0 rings (SSSR count). The van der Waals surface area contributed by atoms with Gasteiger partial charge in [-0.3, -0.25) is 9.11 Å². The fourth-order valence-electron chi connectivity index (χ4n) is 0. The smallest absolute Gasteiger partial charge is 0.450 e. The van der Waals surface area contributed by atoms with Gasteiger partial charge in [0.25, 0.3) is 9.05 Å². The van der Waals surface area contributed by atoms with Crippen LogP contribution >= 0.6 is 0 Å². The lowest BCUT2D eigenvalue weighted by molar-refractivity contribution is 0.135. The highest BCUT2D eigenvalue weighted by Crippen LogP contribution is 1.62. The van der Waals surface area contributed by atoms with Crippen molar-refractivity contribution in [2.45, 2.75) is 0 Å². The zero-order valence-corrected chi connectivity index (χ0v) is 8.77. The first-order valence-corrected chi connectivity index (χ1v) is 4.40. The van der Waals surface area contributed by atoms with E-state index in [1.54, 1.807) is 0 Å². The van der Waals surface area contributed by atoms with Crippen molar-refractivity contribution in [3.63, 3.8) is 0 Å². The zero-order valence-electron chi connectivity index (χ0n) is 7.14. The first-order chi connectivity index (χ1) is 5.46. The van der Waals surface area contributed by atoms with E-state index >= 15 is 0 Å². The second kappa shape index (κ2) is 15.2. The summed E-state index contributed by atoms with van der Waals surface area (Å²) in [5, 5.41) is 27.9. The third kappa shape index (κ3) is 943. The minimum Gasteiger partial charge on any atom is -0.450 e. The van der Waals surface area contributed by atoms with E-state index in [0.29, 0.717) is 0 Å². The van der Waals surface area contributed by atoms with E-state index in [9.17, 15) is 0 Å². The lowest BCUT2D eigenvalue weighted by Gasteiger charge is -1.73. The van der Waals surface area contributed by atoms with Crippen molar-refractivity contribution in [1.29, 1.82) is 0 Å². The summed E-state index contributed by atoms with van der Waals surface area (Å²) in [5.74, 6) is 0. The van der Waals surface area contributed by atoms with E-state index in [2.05, 4.69) is 11.2 Å². The van der Waals surface area contributed by atoms with Gasteiger partial charge < -0.3 is 32.7 Å². The molecule has 0 aliphatic carbocycles. The molecule has 15 heavy (non-hydrogen) atoms. The highest BCUT2D eigenvalue weighted by Gasteiger charge is 1.78. The van der Waals surface area contributed by atoms with Gasteiger partial charge in [-0.25, -0.2) is 9.59 Å². The number of carbonyl (C=O) groups is 2.